The number of piperidine rings is 1. The molecular formula is C33H50N2O5Si. The number of esters is 1. The van der Waals surface area contributed by atoms with E-state index in [1.54, 1.807) is 0 Å². The van der Waals surface area contributed by atoms with Crippen LogP contribution in [0.15, 0.2) is 41.6 Å². The van der Waals surface area contributed by atoms with Crippen LogP contribution in [0.1, 0.15) is 86.8 Å². The smallest absolute Gasteiger partial charge is 0.338 e. The van der Waals surface area contributed by atoms with Crippen LogP contribution in [0.5, 0.6) is 0 Å². The molecule has 7 nitrogen and oxygen atoms in total. The molecule has 2 atom stereocenters. The summed E-state index contributed by atoms with van der Waals surface area (Å²) in [4.78, 5) is 33.5. The summed E-state index contributed by atoms with van der Waals surface area (Å²) in [6.45, 7) is 18.5. The quantitative estimate of drug-likeness (QED) is 0.161. The molecule has 1 aromatic rings. The van der Waals surface area contributed by atoms with Gasteiger partial charge in [-0.2, -0.15) is 0 Å². The zero-order chi connectivity index (χ0) is 30.2. The third kappa shape index (κ3) is 9.67. The Hall–Kier alpha value is -2.71. The van der Waals surface area contributed by atoms with Crippen molar-refractivity contribution in [1.82, 2.24) is 4.90 Å². The van der Waals surface area contributed by atoms with E-state index in [2.05, 4.69) is 57.2 Å². The normalized spacial score (nSPS) is 23.8. The van der Waals surface area contributed by atoms with Gasteiger partial charge in [-0.25, -0.2) is 4.79 Å². The van der Waals surface area contributed by atoms with E-state index in [1.165, 1.54) is 0 Å². The number of nitrogens with zero attached hydrogens (tertiary/aromatic N) is 2. The lowest BCUT2D eigenvalue weighted by atomic mass is 9.95. The molecule has 0 aromatic heterocycles. The summed E-state index contributed by atoms with van der Waals surface area (Å²) in [6, 6.07) is 4.00. The maximum atomic E-state index is 13.4. The first-order chi connectivity index (χ1) is 19.3. The van der Waals surface area contributed by atoms with Gasteiger partial charge < -0.3 is 18.9 Å². The van der Waals surface area contributed by atoms with Gasteiger partial charge in [0.1, 0.15) is 6.10 Å². The fraction of sp³-hybridized carbons (Fsp3) is 0.606. The minimum Gasteiger partial charge on any atom is -0.459 e. The predicted octanol–water partition coefficient (Wildman–Crippen LogP) is 7.07. The van der Waals surface area contributed by atoms with Crippen LogP contribution >= 0.6 is 0 Å². The van der Waals surface area contributed by atoms with Crippen LogP contribution in [0.2, 0.25) is 18.1 Å². The van der Waals surface area contributed by atoms with Crippen LogP contribution in [0.25, 0.3) is 0 Å². The summed E-state index contributed by atoms with van der Waals surface area (Å²) >= 11 is 0. The molecule has 0 N–H and O–H groups in total. The van der Waals surface area contributed by atoms with Crippen molar-refractivity contribution in [3.05, 3.63) is 58.7 Å². The summed E-state index contributed by atoms with van der Waals surface area (Å²) < 4.78 is 12.6. The molecule has 2 heterocycles. The lowest BCUT2D eigenvalue weighted by molar-refractivity contribution is -0.137. The third-order valence-electron chi connectivity index (χ3n) is 8.27. The van der Waals surface area contributed by atoms with Crippen molar-refractivity contribution < 1.29 is 23.6 Å². The number of benzene rings is 1. The number of likely N-dealkylation sites (tertiary alicyclic amines) is 1. The first-order valence-electron chi connectivity index (χ1n) is 15.1. The largest absolute Gasteiger partial charge is 0.459 e. The lowest BCUT2D eigenvalue weighted by Gasteiger charge is -2.38. The summed E-state index contributed by atoms with van der Waals surface area (Å²) in [5.74, 6) is -0.384. The Labute approximate surface area is 248 Å². The monoisotopic (exact) mass is 582 g/mol. The number of ether oxygens (including phenoxy) is 1. The van der Waals surface area contributed by atoms with Crippen molar-refractivity contribution >= 4 is 25.9 Å². The number of hydrogen-bond donors (Lipinski definition) is 0. The Morgan fingerprint density at radius 3 is 2.49 bits per heavy atom. The van der Waals surface area contributed by atoms with Gasteiger partial charge in [0.2, 0.25) is 0 Å². The molecule has 1 amide bonds. The number of carbonyl (C=O) groups is 2. The summed E-state index contributed by atoms with van der Waals surface area (Å²) in [7, 11) is -2.02. The average molecular weight is 583 g/mol. The Bertz CT molecular complexity index is 1160. The van der Waals surface area contributed by atoms with Gasteiger partial charge in [0.15, 0.2) is 14.9 Å². The Kier molecular flexibility index (Phi) is 11.6. The van der Waals surface area contributed by atoms with E-state index in [9.17, 15) is 9.59 Å². The maximum absolute atomic E-state index is 13.4. The van der Waals surface area contributed by atoms with E-state index in [4.69, 9.17) is 14.0 Å². The highest BCUT2D eigenvalue weighted by atomic mass is 28.4. The molecule has 1 aromatic carbocycles. The van der Waals surface area contributed by atoms with Crippen LogP contribution in [0, 0.1) is 13.8 Å². The van der Waals surface area contributed by atoms with Crippen molar-refractivity contribution in [3.63, 3.8) is 0 Å². The molecule has 41 heavy (non-hydrogen) atoms. The Morgan fingerprint density at radius 2 is 1.80 bits per heavy atom. The molecule has 2 aliphatic heterocycles. The predicted molar refractivity (Wildman–Crippen MR) is 168 cm³/mol. The number of rotatable bonds is 5. The van der Waals surface area contributed by atoms with E-state index < -0.39 is 8.32 Å². The topological polar surface area (TPSA) is 77.4 Å². The molecule has 2 aliphatic rings. The van der Waals surface area contributed by atoms with Crippen molar-refractivity contribution in [2.24, 2.45) is 5.16 Å². The van der Waals surface area contributed by atoms with E-state index in [0.29, 0.717) is 30.5 Å². The number of carbonyl (C=O) groups excluding carboxylic acids is 2. The van der Waals surface area contributed by atoms with Crippen LogP contribution in [-0.4, -0.2) is 62.7 Å². The number of fused-ring (bicyclic) bond motifs is 1. The fourth-order valence-electron chi connectivity index (χ4n) is 4.98. The standard InChI is InChI=1S/C33H50N2O5Si/c1-24-20-25(2)31-27(21-24)22-28(34-38-23-30(36)35-18-10-9-11-19-35)15-13-17-29(40-41(7,8)33(4,5)6)16-12-14-26(3)39-32(31)37/h12-13,15-16,20-21,26,29H,9-11,14,17-19,22-23H2,1-8H3/b15-13+,16-12+,34-28?/t26-,29+/m1/s1. The van der Waals surface area contributed by atoms with E-state index in [1.807, 2.05) is 43.9 Å². The number of hydrogen-bond acceptors (Lipinski definition) is 6. The highest BCUT2D eigenvalue weighted by Crippen LogP contribution is 2.38. The van der Waals surface area contributed by atoms with Crippen molar-refractivity contribution in [1.29, 1.82) is 0 Å². The molecule has 0 bridgehead atoms. The van der Waals surface area contributed by atoms with E-state index in [-0.39, 0.29) is 35.7 Å². The van der Waals surface area contributed by atoms with Crippen molar-refractivity contribution in [2.75, 3.05) is 19.7 Å². The fourth-order valence-corrected chi connectivity index (χ4v) is 6.27. The molecule has 0 aliphatic carbocycles. The summed E-state index contributed by atoms with van der Waals surface area (Å²) in [6.07, 6.45) is 12.6. The highest BCUT2D eigenvalue weighted by molar-refractivity contribution is 6.74. The molecule has 226 valence electrons. The first-order valence-corrected chi connectivity index (χ1v) is 18.0. The van der Waals surface area contributed by atoms with Gasteiger partial charge in [-0.15, -0.1) is 0 Å². The zero-order valence-corrected chi connectivity index (χ0v) is 27.4. The molecule has 0 radical (unpaired) electrons. The maximum Gasteiger partial charge on any atom is 0.338 e. The van der Waals surface area contributed by atoms with E-state index in [0.717, 1.165) is 49.0 Å². The first kappa shape index (κ1) is 32.8. The second-order valence-electron chi connectivity index (χ2n) is 13.0. The van der Waals surface area contributed by atoms with Crippen LogP contribution in [-0.2, 0) is 25.2 Å². The average Bonchev–Trinajstić information content (AvgIpc) is 2.87. The number of aryl methyl sites for hydroxylation is 2. The molecule has 3 rings (SSSR count). The van der Waals surface area contributed by atoms with Gasteiger partial charge in [-0.1, -0.05) is 61.9 Å². The molecule has 0 unspecified atom stereocenters. The summed E-state index contributed by atoms with van der Waals surface area (Å²) in [5, 5.41) is 4.48. The van der Waals surface area contributed by atoms with Crippen molar-refractivity contribution in [2.45, 2.75) is 110 Å². The zero-order valence-electron chi connectivity index (χ0n) is 26.4. The second kappa shape index (κ2) is 14.5. The molecule has 1 fully saturated rings. The van der Waals surface area contributed by atoms with Crippen molar-refractivity contribution in [3.8, 4) is 0 Å². The van der Waals surface area contributed by atoms with Gasteiger partial charge in [-0.3, -0.25) is 4.79 Å². The number of allylic oxidation sites excluding steroid dienone is 1. The molecule has 0 spiro atoms. The highest BCUT2D eigenvalue weighted by Gasteiger charge is 2.38. The van der Waals surface area contributed by atoms with Crippen LogP contribution in [0.4, 0.5) is 0 Å². The Morgan fingerprint density at radius 1 is 1.10 bits per heavy atom. The van der Waals surface area contributed by atoms with Gasteiger partial charge in [0, 0.05) is 25.9 Å². The van der Waals surface area contributed by atoms with Crippen LogP contribution in [0.3, 0.4) is 0 Å². The third-order valence-corrected chi connectivity index (χ3v) is 12.8. The molecular weight excluding hydrogens is 532 g/mol. The molecule has 8 heteroatoms. The SMILES string of the molecule is Cc1cc(C)c2c(c1)CC(=NOCC(=O)N1CCCCC1)/C=C/C[C@@H](O[Si](C)(C)C(C)(C)C)/C=C/C[C@@H](C)OC2=O. The van der Waals surface area contributed by atoms with Gasteiger partial charge in [0.05, 0.1) is 17.4 Å². The minimum absolute atomic E-state index is 0.0449. The molecule has 0 saturated carbocycles. The number of amides is 1. The van der Waals surface area contributed by atoms with Gasteiger partial charge >= 0.3 is 5.97 Å². The van der Waals surface area contributed by atoms with Gasteiger partial charge in [0.25, 0.3) is 5.91 Å². The Balaban J connectivity index is 1.92. The lowest BCUT2D eigenvalue weighted by Crippen LogP contribution is -2.43. The van der Waals surface area contributed by atoms with Gasteiger partial charge in [-0.05, 0) is 81.8 Å². The van der Waals surface area contributed by atoms with Crippen LogP contribution < -0.4 is 0 Å². The van der Waals surface area contributed by atoms with E-state index >= 15 is 0 Å². The number of cyclic esters (lactones) is 1. The molecule has 1 saturated heterocycles. The number of oxime groups is 1. The second-order valence-corrected chi connectivity index (χ2v) is 17.8. The minimum atomic E-state index is -2.02. The summed E-state index contributed by atoms with van der Waals surface area (Å²) in [5.41, 5.74) is 3.95.